The molecule has 0 unspecified atom stereocenters. The van der Waals surface area contributed by atoms with Crippen molar-refractivity contribution >= 4 is 34.4 Å². The molecule has 2 aromatic heterocycles. The van der Waals surface area contributed by atoms with Gasteiger partial charge in [-0.05, 0) is 6.07 Å². The van der Waals surface area contributed by atoms with Crippen molar-refractivity contribution in [2.75, 3.05) is 12.4 Å². The molecule has 0 aliphatic carbocycles. The Kier molecular flexibility index (Phi) is 3.41. The lowest BCUT2D eigenvalue weighted by Crippen LogP contribution is -2.15. The molecule has 7 nitrogen and oxygen atoms in total. The number of carbonyl (C=O) groups excluding carboxylic acids is 1. The molecule has 3 rings (SSSR count). The normalized spacial score (nSPS) is 10.6. The first kappa shape index (κ1) is 13.3. The molecule has 0 bridgehead atoms. The molecule has 3 aromatic rings. The van der Waals surface area contributed by atoms with Gasteiger partial charge in [0.15, 0.2) is 5.69 Å². The number of hydrogen-bond acceptors (Lipinski definition) is 5. The van der Waals surface area contributed by atoms with E-state index in [9.17, 15) is 4.79 Å². The maximum absolute atomic E-state index is 12.2. The van der Waals surface area contributed by atoms with Crippen LogP contribution in [0.5, 0.6) is 5.88 Å². The summed E-state index contributed by atoms with van der Waals surface area (Å²) in [6.45, 7) is 0. The molecule has 2 heterocycles. The van der Waals surface area contributed by atoms with Crippen molar-refractivity contribution in [3.63, 3.8) is 0 Å². The van der Waals surface area contributed by atoms with E-state index in [2.05, 4.69) is 25.5 Å². The topological polar surface area (TPSA) is 92.8 Å². The number of rotatable bonds is 3. The first-order valence-corrected chi connectivity index (χ1v) is 6.38. The molecule has 1 aromatic carbocycles. The minimum atomic E-state index is -0.434. The molecule has 8 heteroatoms. The largest absolute Gasteiger partial charge is 0.481 e. The summed E-state index contributed by atoms with van der Waals surface area (Å²) in [4.78, 5) is 20.2. The van der Waals surface area contributed by atoms with Gasteiger partial charge in [-0.15, -0.1) is 0 Å². The number of nitrogens with one attached hydrogen (secondary N) is 2. The monoisotopic (exact) mass is 303 g/mol. The molecule has 106 valence electrons. The number of aromatic amines is 1. The van der Waals surface area contributed by atoms with Gasteiger partial charge >= 0.3 is 0 Å². The number of aromatic nitrogens is 4. The van der Waals surface area contributed by atoms with E-state index in [1.807, 2.05) is 18.2 Å². The predicted molar refractivity (Wildman–Crippen MR) is 77.6 cm³/mol. The quantitative estimate of drug-likeness (QED) is 0.724. The van der Waals surface area contributed by atoms with Gasteiger partial charge in [-0.1, -0.05) is 29.8 Å². The average Bonchev–Trinajstić information content (AvgIpc) is 2.90. The molecule has 0 fully saturated rings. The van der Waals surface area contributed by atoms with Crippen LogP contribution in [0, 0.1) is 0 Å². The Morgan fingerprint density at radius 1 is 1.33 bits per heavy atom. The van der Waals surface area contributed by atoms with Crippen molar-refractivity contribution < 1.29 is 9.53 Å². The van der Waals surface area contributed by atoms with Crippen molar-refractivity contribution in [1.29, 1.82) is 0 Å². The molecule has 21 heavy (non-hydrogen) atoms. The highest BCUT2D eigenvalue weighted by Gasteiger charge is 2.15. The van der Waals surface area contributed by atoms with Gasteiger partial charge in [0.2, 0.25) is 11.8 Å². The first-order valence-electron chi connectivity index (χ1n) is 6.00. The molecule has 1 amide bonds. The maximum Gasteiger partial charge on any atom is 0.279 e. The van der Waals surface area contributed by atoms with Crippen molar-refractivity contribution in [3.8, 4) is 5.88 Å². The van der Waals surface area contributed by atoms with Gasteiger partial charge in [0.05, 0.1) is 12.6 Å². The maximum atomic E-state index is 12.2. The van der Waals surface area contributed by atoms with Crippen LogP contribution in [0.2, 0.25) is 5.15 Å². The summed E-state index contributed by atoms with van der Waals surface area (Å²) < 4.78 is 4.97. The lowest BCUT2D eigenvalue weighted by atomic mass is 10.2. The summed E-state index contributed by atoms with van der Waals surface area (Å²) in [6.07, 6.45) is 0. The molecule has 0 saturated heterocycles. The molecule has 0 spiro atoms. The van der Waals surface area contributed by atoms with Crippen molar-refractivity contribution in [2.45, 2.75) is 0 Å². The fraction of sp³-hybridized carbons (Fsp3) is 0.0769. The number of nitrogens with zero attached hydrogens (tertiary/aromatic N) is 3. The summed E-state index contributed by atoms with van der Waals surface area (Å²) in [5, 5.41) is 10.2. The van der Waals surface area contributed by atoms with E-state index in [-0.39, 0.29) is 22.7 Å². The lowest BCUT2D eigenvalue weighted by Gasteiger charge is -2.04. The summed E-state index contributed by atoms with van der Waals surface area (Å²) in [6, 6.07) is 8.76. The van der Waals surface area contributed by atoms with Crippen LogP contribution in [-0.2, 0) is 0 Å². The third-order valence-corrected chi connectivity index (χ3v) is 2.98. The Bertz CT molecular complexity index is 817. The zero-order valence-electron chi connectivity index (χ0n) is 10.9. The van der Waals surface area contributed by atoms with Gasteiger partial charge in [0.1, 0.15) is 5.15 Å². The summed E-state index contributed by atoms with van der Waals surface area (Å²) in [5.74, 6) is -0.120. The molecule has 0 saturated carbocycles. The van der Waals surface area contributed by atoms with Gasteiger partial charge in [-0.25, -0.2) is 4.98 Å². The second kappa shape index (κ2) is 5.37. The van der Waals surface area contributed by atoms with Crippen LogP contribution in [0.25, 0.3) is 10.9 Å². The summed E-state index contributed by atoms with van der Waals surface area (Å²) >= 11 is 5.83. The number of H-pyrrole nitrogens is 1. The van der Waals surface area contributed by atoms with Gasteiger partial charge in [-0.2, -0.15) is 10.1 Å². The number of anilines is 1. The van der Waals surface area contributed by atoms with E-state index < -0.39 is 5.91 Å². The van der Waals surface area contributed by atoms with Crippen LogP contribution in [-0.4, -0.2) is 33.2 Å². The van der Waals surface area contributed by atoms with Gasteiger partial charge < -0.3 is 4.74 Å². The summed E-state index contributed by atoms with van der Waals surface area (Å²) in [7, 11) is 1.45. The Morgan fingerprint density at radius 3 is 2.95 bits per heavy atom. The number of hydrogen-bond donors (Lipinski definition) is 2. The number of fused-ring (bicyclic) bond motifs is 1. The number of amides is 1. The van der Waals surface area contributed by atoms with Crippen LogP contribution in [0.3, 0.4) is 0 Å². The molecular weight excluding hydrogens is 294 g/mol. The zero-order chi connectivity index (χ0) is 14.8. The molecule has 0 aliphatic rings. The molecule has 2 N–H and O–H groups in total. The summed E-state index contributed by atoms with van der Waals surface area (Å²) in [5.41, 5.74) is 1.03. The Hall–Kier alpha value is -2.67. The minimum Gasteiger partial charge on any atom is -0.481 e. The Labute approximate surface area is 124 Å². The van der Waals surface area contributed by atoms with E-state index in [1.165, 1.54) is 13.2 Å². The second-order valence-corrected chi connectivity index (χ2v) is 4.52. The number of benzene rings is 1. The average molecular weight is 304 g/mol. The highest BCUT2D eigenvalue weighted by molar-refractivity contribution is 6.29. The molecule has 0 atom stereocenters. The fourth-order valence-corrected chi connectivity index (χ4v) is 2.03. The smallest absolute Gasteiger partial charge is 0.279 e. The Morgan fingerprint density at radius 2 is 2.14 bits per heavy atom. The van der Waals surface area contributed by atoms with E-state index in [0.29, 0.717) is 5.39 Å². The van der Waals surface area contributed by atoms with E-state index in [4.69, 9.17) is 16.3 Å². The zero-order valence-corrected chi connectivity index (χ0v) is 11.7. The van der Waals surface area contributed by atoms with E-state index in [1.54, 1.807) is 6.07 Å². The fourth-order valence-electron chi connectivity index (χ4n) is 1.85. The van der Waals surface area contributed by atoms with Crippen molar-refractivity contribution in [3.05, 3.63) is 41.2 Å². The van der Waals surface area contributed by atoms with Crippen molar-refractivity contribution in [2.24, 2.45) is 0 Å². The number of methoxy groups -OCH3 is 1. The molecule has 0 radical (unpaired) electrons. The van der Waals surface area contributed by atoms with Gasteiger partial charge in [-0.3, -0.25) is 15.2 Å². The highest BCUT2D eigenvalue weighted by atomic mass is 35.5. The number of carbonyl (C=O) groups is 1. The lowest BCUT2D eigenvalue weighted by molar-refractivity contribution is 0.102. The van der Waals surface area contributed by atoms with Crippen LogP contribution >= 0.6 is 11.6 Å². The number of para-hydroxylation sites is 1. The second-order valence-electron chi connectivity index (χ2n) is 4.13. The number of halogens is 1. The molecule has 0 aliphatic heterocycles. The van der Waals surface area contributed by atoms with E-state index >= 15 is 0 Å². The minimum absolute atomic E-state index is 0.0523. The van der Waals surface area contributed by atoms with Crippen molar-refractivity contribution in [1.82, 2.24) is 20.2 Å². The third kappa shape index (κ3) is 2.63. The molecular formula is C13H10ClN5O2. The van der Waals surface area contributed by atoms with Crippen LogP contribution in [0.15, 0.2) is 30.3 Å². The van der Waals surface area contributed by atoms with Gasteiger partial charge in [0.25, 0.3) is 5.91 Å². The van der Waals surface area contributed by atoms with Crippen LogP contribution in [0.4, 0.5) is 5.95 Å². The SMILES string of the molecule is COc1cc(Cl)nc(NC(=O)c2n[nH]c3ccccc23)n1. The first-order chi connectivity index (χ1) is 10.2. The standard InChI is InChI=1S/C13H10ClN5O2/c1-21-10-6-9(14)15-13(16-10)17-12(20)11-7-4-2-3-5-8(7)18-19-11/h2-6H,1H3,(H,18,19)(H,15,16,17,20). The number of ether oxygens (including phenoxy) is 1. The van der Waals surface area contributed by atoms with E-state index in [0.717, 1.165) is 5.52 Å². The third-order valence-electron chi connectivity index (χ3n) is 2.79. The highest BCUT2D eigenvalue weighted by Crippen LogP contribution is 2.18. The van der Waals surface area contributed by atoms with Gasteiger partial charge in [0, 0.05) is 11.5 Å². The predicted octanol–water partition coefficient (Wildman–Crippen LogP) is 2.27. The van der Waals surface area contributed by atoms with Crippen LogP contribution in [0.1, 0.15) is 10.5 Å². The Balaban J connectivity index is 1.91. The van der Waals surface area contributed by atoms with Crippen LogP contribution < -0.4 is 10.1 Å².